The van der Waals surface area contributed by atoms with Gasteiger partial charge in [0.25, 0.3) is 0 Å². The molecule has 0 spiro atoms. The van der Waals surface area contributed by atoms with Crippen molar-refractivity contribution in [2.75, 3.05) is 13.2 Å². The fourth-order valence-corrected chi connectivity index (χ4v) is 6.39. The van der Waals surface area contributed by atoms with Crippen LogP contribution in [0.3, 0.4) is 0 Å². The number of rotatable bonds is 41. The minimum Gasteiger partial charge on any atom is -0.462 e. The van der Waals surface area contributed by atoms with E-state index >= 15 is 0 Å². The van der Waals surface area contributed by atoms with Crippen LogP contribution < -0.4 is 0 Å². The van der Waals surface area contributed by atoms with E-state index in [0.717, 1.165) is 57.8 Å². The molecule has 0 aliphatic carbocycles. The quantitative estimate of drug-likeness (QED) is 0.0271. The molecule has 0 heterocycles. The largest absolute Gasteiger partial charge is 0.469 e. The first kappa shape index (κ1) is 55.2. The number of hydrogen-bond acceptors (Lipinski definition) is 6. The lowest BCUT2D eigenvalue weighted by Crippen LogP contribution is -2.29. The number of esters is 2. The van der Waals surface area contributed by atoms with Crippen molar-refractivity contribution in [2.45, 2.75) is 200 Å². The topological polar surface area (TPSA) is 119 Å². The van der Waals surface area contributed by atoms with Crippen LogP contribution in [0.2, 0.25) is 0 Å². The SMILES string of the molecule is CC/C=C\C/C=C\C/C=C\C/C=C\C/C=C\CCCC(=O)OC(COC(=O)CCCCCCCCCCCCC/C=C\C/C=C\CCCCCCC)COP(=O)(O)O. The summed E-state index contributed by atoms with van der Waals surface area (Å²) in [7, 11) is -4.78. The summed E-state index contributed by atoms with van der Waals surface area (Å²) in [5.41, 5.74) is 0. The van der Waals surface area contributed by atoms with Crippen LogP contribution in [0.5, 0.6) is 0 Å². The minimum atomic E-state index is -4.78. The molecule has 0 bridgehead atoms. The molecule has 1 atom stereocenters. The fourth-order valence-electron chi connectivity index (χ4n) is 6.03. The summed E-state index contributed by atoms with van der Waals surface area (Å²) >= 11 is 0. The van der Waals surface area contributed by atoms with Crippen LogP contribution in [0, 0.1) is 0 Å². The van der Waals surface area contributed by atoms with Crippen LogP contribution in [0.1, 0.15) is 194 Å². The molecule has 0 aromatic rings. The summed E-state index contributed by atoms with van der Waals surface area (Å²) < 4.78 is 26.4. The molecule has 0 radical (unpaired) electrons. The minimum absolute atomic E-state index is 0.129. The molecule has 0 aliphatic heterocycles. The Morgan fingerprint density at radius 1 is 0.466 bits per heavy atom. The number of hydrogen-bond donors (Lipinski definition) is 2. The van der Waals surface area contributed by atoms with Gasteiger partial charge in [0.1, 0.15) is 6.61 Å². The lowest BCUT2D eigenvalue weighted by atomic mass is 10.0. The monoisotopic (exact) mass is 831 g/mol. The molecule has 8 nitrogen and oxygen atoms in total. The highest BCUT2D eigenvalue weighted by atomic mass is 31.2. The molecule has 0 aromatic heterocycles. The van der Waals surface area contributed by atoms with Gasteiger partial charge in [0.2, 0.25) is 0 Å². The lowest BCUT2D eigenvalue weighted by Gasteiger charge is -2.18. The highest BCUT2D eigenvalue weighted by Crippen LogP contribution is 2.36. The Labute approximate surface area is 354 Å². The number of carbonyl (C=O) groups excluding carboxylic acids is 2. The molecule has 0 aromatic carbocycles. The van der Waals surface area contributed by atoms with Crippen molar-refractivity contribution >= 4 is 19.8 Å². The Hall–Kier alpha value is -2.77. The Kier molecular flexibility index (Phi) is 41.7. The van der Waals surface area contributed by atoms with Crippen molar-refractivity contribution in [3.8, 4) is 0 Å². The molecule has 0 saturated heterocycles. The number of phosphoric ester groups is 1. The van der Waals surface area contributed by atoms with Gasteiger partial charge in [-0.3, -0.25) is 14.1 Å². The molecule has 0 rings (SSSR count). The van der Waals surface area contributed by atoms with Crippen LogP contribution in [-0.2, 0) is 28.2 Å². The molecule has 0 aliphatic rings. The van der Waals surface area contributed by atoms with Gasteiger partial charge in [-0.15, -0.1) is 0 Å². The smallest absolute Gasteiger partial charge is 0.462 e. The number of carbonyl (C=O) groups is 2. The third-order valence-corrected chi connectivity index (χ3v) is 9.88. The first-order chi connectivity index (χ1) is 28.3. The Balaban J connectivity index is 3.95. The van der Waals surface area contributed by atoms with Crippen molar-refractivity contribution in [2.24, 2.45) is 0 Å². The molecule has 2 N–H and O–H groups in total. The third-order valence-electron chi connectivity index (χ3n) is 9.40. The van der Waals surface area contributed by atoms with Gasteiger partial charge < -0.3 is 19.3 Å². The molecule has 332 valence electrons. The summed E-state index contributed by atoms with van der Waals surface area (Å²) in [6.07, 6.45) is 58.9. The van der Waals surface area contributed by atoms with Gasteiger partial charge in [0.15, 0.2) is 6.10 Å². The van der Waals surface area contributed by atoms with Crippen molar-refractivity contribution in [1.82, 2.24) is 0 Å². The molecule has 0 fully saturated rings. The van der Waals surface area contributed by atoms with Gasteiger partial charge in [-0.05, 0) is 83.5 Å². The molecule has 1 unspecified atom stereocenters. The second-order valence-corrected chi connectivity index (χ2v) is 16.2. The highest BCUT2D eigenvalue weighted by molar-refractivity contribution is 7.46. The van der Waals surface area contributed by atoms with Gasteiger partial charge in [-0.2, -0.15) is 0 Å². The maximum Gasteiger partial charge on any atom is 0.469 e. The average Bonchev–Trinajstić information content (AvgIpc) is 3.20. The Morgan fingerprint density at radius 2 is 0.845 bits per heavy atom. The van der Waals surface area contributed by atoms with Crippen LogP contribution >= 0.6 is 7.82 Å². The Morgan fingerprint density at radius 3 is 1.29 bits per heavy atom. The summed E-state index contributed by atoms with van der Waals surface area (Å²) in [6, 6.07) is 0. The zero-order chi connectivity index (χ0) is 42.5. The van der Waals surface area contributed by atoms with E-state index < -0.39 is 32.5 Å². The molecule has 0 saturated carbocycles. The van der Waals surface area contributed by atoms with Crippen LogP contribution in [-0.4, -0.2) is 41.0 Å². The van der Waals surface area contributed by atoms with Crippen molar-refractivity contribution < 1.29 is 37.9 Å². The van der Waals surface area contributed by atoms with E-state index in [0.29, 0.717) is 19.3 Å². The normalized spacial score (nSPS) is 13.2. The van der Waals surface area contributed by atoms with Gasteiger partial charge in [0, 0.05) is 12.8 Å². The molecular formula is C49H83O8P. The van der Waals surface area contributed by atoms with Gasteiger partial charge in [-0.1, -0.05) is 182 Å². The van der Waals surface area contributed by atoms with Gasteiger partial charge in [0.05, 0.1) is 6.61 Å². The van der Waals surface area contributed by atoms with Gasteiger partial charge in [-0.25, -0.2) is 4.57 Å². The van der Waals surface area contributed by atoms with Crippen LogP contribution in [0.15, 0.2) is 85.1 Å². The van der Waals surface area contributed by atoms with E-state index in [4.69, 9.17) is 19.3 Å². The molecule has 0 amide bonds. The predicted molar refractivity (Wildman–Crippen MR) is 243 cm³/mol. The Bertz CT molecular complexity index is 1210. The third kappa shape index (κ3) is 45.9. The zero-order valence-electron chi connectivity index (χ0n) is 36.7. The lowest BCUT2D eigenvalue weighted by molar-refractivity contribution is -0.161. The fraction of sp³-hybridized carbons (Fsp3) is 0.673. The first-order valence-electron chi connectivity index (χ1n) is 22.9. The van der Waals surface area contributed by atoms with E-state index in [9.17, 15) is 14.2 Å². The first-order valence-corrected chi connectivity index (χ1v) is 24.4. The zero-order valence-corrected chi connectivity index (χ0v) is 37.6. The van der Waals surface area contributed by atoms with Crippen LogP contribution in [0.4, 0.5) is 0 Å². The maximum absolute atomic E-state index is 12.4. The number of ether oxygens (including phenoxy) is 2. The molecular weight excluding hydrogens is 748 g/mol. The average molecular weight is 831 g/mol. The second-order valence-electron chi connectivity index (χ2n) is 15.0. The van der Waals surface area contributed by atoms with Gasteiger partial charge >= 0.3 is 19.8 Å². The summed E-state index contributed by atoms with van der Waals surface area (Å²) in [5.74, 6) is -0.959. The summed E-state index contributed by atoms with van der Waals surface area (Å²) in [4.78, 5) is 42.9. The predicted octanol–water partition coefficient (Wildman–Crippen LogP) is 14.4. The second kappa shape index (κ2) is 43.8. The van der Waals surface area contributed by atoms with E-state index in [1.165, 1.54) is 89.9 Å². The number of allylic oxidation sites excluding steroid dienone is 14. The van der Waals surface area contributed by atoms with Crippen molar-refractivity contribution in [3.05, 3.63) is 85.1 Å². The summed E-state index contributed by atoms with van der Waals surface area (Å²) in [5, 5.41) is 0. The van der Waals surface area contributed by atoms with Crippen molar-refractivity contribution in [1.29, 1.82) is 0 Å². The van der Waals surface area contributed by atoms with E-state index in [1.54, 1.807) is 0 Å². The van der Waals surface area contributed by atoms with E-state index in [-0.39, 0.29) is 19.4 Å². The van der Waals surface area contributed by atoms with Crippen LogP contribution in [0.25, 0.3) is 0 Å². The highest BCUT2D eigenvalue weighted by Gasteiger charge is 2.22. The molecule has 9 heteroatoms. The summed E-state index contributed by atoms with van der Waals surface area (Å²) in [6.45, 7) is 3.52. The molecule has 58 heavy (non-hydrogen) atoms. The maximum atomic E-state index is 12.4. The van der Waals surface area contributed by atoms with E-state index in [1.807, 2.05) is 12.2 Å². The standard InChI is InChI=1S/C49H83O8P/c1-3-5-7-9-11-13-15-17-19-21-22-23-24-25-26-28-29-31-33-35-37-39-41-43-48(50)55-45-47(46-56-58(52,53)54)57-49(51)44-42-40-38-36-34-32-30-27-20-18-16-14-12-10-8-6-4-2/h6,8,12,14-15,17-18,20-22,30,32,36,38,47H,3-5,7,9-11,13,16,19,23-29,31,33-35,37,39-46H2,1-2H3,(H2,52,53,54)/b8-6-,14-12-,17-15-,20-18-,22-21-,32-30-,38-36-. The number of unbranched alkanes of at least 4 members (excludes halogenated alkanes) is 17. The van der Waals surface area contributed by atoms with Crippen molar-refractivity contribution in [3.63, 3.8) is 0 Å². The number of phosphoric acid groups is 1. The van der Waals surface area contributed by atoms with E-state index in [2.05, 4.69) is 91.3 Å².